The third-order valence-electron chi connectivity index (χ3n) is 3.66. The Labute approximate surface area is 153 Å². The molecular weight excluding hydrogens is 382 g/mol. The molecule has 0 radical (unpaired) electrons. The molecule has 6 heteroatoms. The molecule has 25 heavy (non-hydrogen) atoms. The molecule has 3 aromatic carbocycles. The van der Waals surface area contributed by atoms with Gasteiger partial charge in [0.25, 0.3) is 11.8 Å². The van der Waals surface area contributed by atoms with E-state index >= 15 is 0 Å². The van der Waals surface area contributed by atoms with Gasteiger partial charge in [-0.3, -0.25) is 20.4 Å². The Morgan fingerprint density at radius 2 is 1.56 bits per heavy atom. The molecule has 5 nitrogen and oxygen atoms in total. The Balaban J connectivity index is 1.56. The highest BCUT2D eigenvalue weighted by atomic mass is 79.9. The van der Waals surface area contributed by atoms with Crippen LogP contribution in [0.25, 0.3) is 10.8 Å². The Hall–Kier alpha value is -2.86. The largest absolute Gasteiger partial charge is 0.376 e. The molecule has 0 unspecified atom stereocenters. The summed E-state index contributed by atoms with van der Waals surface area (Å²) in [5, 5.41) is 5.22. The Bertz CT molecular complexity index is 922. The van der Waals surface area contributed by atoms with Crippen LogP contribution < -0.4 is 16.2 Å². The lowest BCUT2D eigenvalue weighted by Gasteiger charge is -2.11. The number of benzene rings is 3. The predicted molar refractivity (Wildman–Crippen MR) is 102 cm³/mol. The second-order valence-corrected chi connectivity index (χ2v) is 6.22. The van der Waals surface area contributed by atoms with Crippen LogP contribution in [0.1, 0.15) is 10.4 Å². The number of anilines is 1. The molecule has 0 aromatic heterocycles. The molecule has 126 valence electrons. The van der Waals surface area contributed by atoms with Crippen LogP contribution in [-0.2, 0) is 4.79 Å². The molecule has 0 saturated heterocycles. The van der Waals surface area contributed by atoms with Gasteiger partial charge in [-0.05, 0) is 39.5 Å². The standard InChI is InChI=1S/C19H16BrN3O2/c20-16-10-4-3-9-15(16)19(25)23-22-18(24)12-21-17-11-5-7-13-6-1-2-8-14(13)17/h1-11,21H,12H2,(H,22,24)(H,23,25). The van der Waals surface area contributed by atoms with Crippen LogP contribution in [0.4, 0.5) is 5.69 Å². The fourth-order valence-electron chi connectivity index (χ4n) is 2.44. The van der Waals surface area contributed by atoms with Crippen LogP contribution in [0.2, 0.25) is 0 Å². The molecular formula is C19H16BrN3O2. The van der Waals surface area contributed by atoms with Crippen LogP contribution >= 0.6 is 15.9 Å². The number of hydrogen-bond acceptors (Lipinski definition) is 3. The number of carbonyl (C=O) groups is 2. The van der Waals surface area contributed by atoms with E-state index in [0.717, 1.165) is 16.5 Å². The van der Waals surface area contributed by atoms with Crippen molar-refractivity contribution in [1.82, 2.24) is 10.9 Å². The monoisotopic (exact) mass is 397 g/mol. The van der Waals surface area contributed by atoms with E-state index in [1.54, 1.807) is 18.2 Å². The number of hydrogen-bond donors (Lipinski definition) is 3. The van der Waals surface area contributed by atoms with Crippen molar-refractivity contribution >= 4 is 44.2 Å². The molecule has 0 aliphatic heterocycles. The Morgan fingerprint density at radius 3 is 2.40 bits per heavy atom. The van der Waals surface area contributed by atoms with E-state index in [2.05, 4.69) is 32.1 Å². The Morgan fingerprint density at radius 1 is 0.840 bits per heavy atom. The van der Waals surface area contributed by atoms with Gasteiger partial charge >= 0.3 is 0 Å². The normalized spacial score (nSPS) is 10.3. The van der Waals surface area contributed by atoms with Gasteiger partial charge in [-0.15, -0.1) is 0 Å². The second kappa shape index (κ2) is 7.81. The molecule has 3 N–H and O–H groups in total. The SMILES string of the molecule is O=C(CNc1cccc2ccccc12)NNC(=O)c1ccccc1Br. The average molecular weight is 398 g/mol. The minimum absolute atomic E-state index is 0.0459. The molecule has 0 spiro atoms. The number of amides is 2. The van der Waals surface area contributed by atoms with E-state index in [-0.39, 0.29) is 18.4 Å². The van der Waals surface area contributed by atoms with Crippen LogP contribution in [0, 0.1) is 0 Å². The summed E-state index contributed by atoms with van der Waals surface area (Å²) in [5.41, 5.74) is 6.12. The molecule has 0 aliphatic carbocycles. The summed E-state index contributed by atoms with van der Waals surface area (Å²) in [7, 11) is 0. The van der Waals surface area contributed by atoms with Crippen molar-refractivity contribution in [2.45, 2.75) is 0 Å². The summed E-state index contributed by atoms with van der Waals surface area (Å²) in [4.78, 5) is 24.0. The number of fused-ring (bicyclic) bond motifs is 1. The van der Waals surface area contributed by atoms with Crippen molar-refractivity contribution in [2.24, 2.45) is 0 Å². The maximum absolute atomic E-state index is 12.0. The summed E-state index contributed by atoms with van der Waals surface area (Å²) in [6.07, 6.45) is 0. The van der Waals surface area contributed by atoms with Gasteiger partial charge in [0.2, 0.25) is 0 Å². The van der Waals surface area contributed by atoms with Crippen molar-refractivity contribution in [3.05, 3.63) is 76.8 Å². The molecule has 2 amide bonds. The summed E-state index contributed by atoms with van der Waals surface area (Å²) in [6, 6.07) is 20.8. The van der Waals surface area contributed by atoms with Crippen LogP contribution in [0.3, 0.4) is 0 Å². The summed E-state index contributed by atoms with van der Waals surface area (Å²) < 4.78 is 0.663. The van der Waals surface area contributed by atoms with Crippen molar-refractivity contribution in [3.8, 4) is 0 Å². The van der Waals surface area contributed by atoms with Crippen molar-refractivity contribution < 1.29 is 9.59 Å². The van der Waals surface area contributed by atoms with Gasteiger partial charge in [0.15, 0.2) is 0 Å². The quantitative estimate of drug-likeness (QED) is 0.590. The minimum Gasteiger partial charge on any atom is -0.376 e. The number of hydrazine groups is 1. The molecule has 3 aromatic rings. The first-order valence-electron chi connectivity index (χ1n) is 7.70. The zero-order valence-corrected chi connectivity index (χ0v) is 14.8. The summed E-state index contributed by atoms with van der Waals surface area (Å²) in [6.45, 7) is 0.0459. The zero-order valence-electron chi connectivity index (χ0n) is 13.3. The zero-order chi connectivity index (χ0) is 17.6. The molecule has 0 atom stereocenters. The van der Waals surface area contributed by atoms with Crippen molar-refractivity contribution in [3.63, 3.8) is 0 Å². The second-order valence-electron chi connectivity index (χ2n) is 5.36. The highest BCUT2D eigenvalue weighted by molar-refractivity contribution is 9.10. The third kappa shape index (κ3) is 4.16. The van der Waals surface area contributed by atoms with E-state index in [4.69, 9.17) is 0 Å². The molecule has 0 bridgehead atoms. The van der Waals surface area contributed by atoms with Crippen molar-refractivity contribution in [1.29, 1.82) is 0 Å². The van der Waals surface area contributed by atoms with Crippen LogP contribution in [-0.4, -0.2) is 18.4 Å². The van der Waals surface area contributed by atoms with Crippen LogP contribution in [0.15, 0.2) is 71.2 Å². The highest BCUT2D eigenvalue weighted by Gasteiger charge is 2.10. The van der Waals surface area contributed by atoms with Gasteiger partial charge in [-0.1, -0.05) is 48.5 Å². The third-order valence-corrected chi connectivity index (χ3v) is 4.35. The van der Waals surface area contributed by atoms with Crippen molar-refractivity contribution in [2.75, 3.05) is 11.9 Å². The summed E-state index contributed by atoms with van der Waals surface area (Å²) >= 11 is 3.30. The topological polar surface area (TPSA) is 70.2 Å². The van der Waals surface area contributed by atoms with Gasteiger partial charge in [0.05, 0.1) is 12.1 Å². The Kier molecular flexibility index (Phi) is 5.30. The smallest absolute Gasteiger partial charge is 0.270 e. The van der Waals surface area contributed by atoms with Crippen LogP contribution in [0.5, 0.6) is 0 Å². The molecule has 0 fully saturated rings. The van der Waals surface area contributed by atoms with Gasteiger partial charge in [-0.25, -0.2) is 0 Å². The highest BCUT2D eigenvalue weighted by Crippen LogP contribution is 2.22. The van der Waals surface area contributed by atoms with E-state index < -0.39 is 0 Å². The lowest BCUT2D eigenvalue weighted by atomic mass is 10.1. The van der Waals surface area contributed by atoms with Gasteiger partial charge in [0.1, 0.15) is 0 Å². The van der Waals surface area contributed by atoms with E-state index in [0.29, 0.717) is 10.0 Å². The van der Waals surface area contributed by atoms with Gasteiger partial charge < -0.3 is 5.32 Å². The molecule has 0 saturated carbocycles. The van der Waals surface area contributed by atoms with E-state index in [1.165, 1.54) is 0 Å². The lowest BCUT2D eigenvalue weighted by Crippen LogP contribution is -2.44. The molecule has 0 aliphatic rings. The minimum atomic E-state index is -0.383. The maximum Gasteiger partial charge on any atom is 0.270 e. The van der Waals surface area contributed by atoms with E-state index in [9.17, 15) is 9.59 Å². The molecule has 0 heterocycles. The first-order chi connectivity index (χ1) is 12.1. The fraction of sp³-hybridized carbons (Fsp3) is 0.0526. The summed E-state index contributed by atoms with van der Waals surface area (Å²) in [5.74, 6) is -0.723. The molecule has 3 rings (SSSR count). The lowest BCUT2D eigenvalue weighted by molar-refractivity contribution is -0.120. The first kappa shape index (κ1) is 17.0. The first-order valence-corrected chi connectivity index (χ1v) is 8.50. The number of halogens is 1. The van der Waals surface area contributed by atoms with Gasteiger partial charge in [-0.2, -0.15) is 0 Å². The number of nitrogens with one attached hydrogen (secondary N) is 3. The average Bonchev–Trinajstić information content (AvgIpc) is 2.64. The number of rotatable bonds is 4. The van der Waals surface area contributed by atoms with Gasteiger partial charge in [0, 0.05) is 15.5 Å². The fourth-order valence-corrected chi connectivity index (χ4v) is 2.90. The maximum atomic E-state index is 12.0. The number of carbonyl (C=O) groups excluding carboxylic acids is 2. The predicted octanol–water partition coefficient (Wildman–Crippen LogP) is 3.48. The van der Waals surface area contributed by atoms with E-state index in [1.807, 2.05) is 48.5 Å².